The van der Waals surface area contributed by atoms with Crippen LogP contribution in [0.2, 0.25) is 0 Å². The summed E-state index contributed by atoms with van der Waals surface area (Å²) in [6.07, 6.45) is 21.5. The van der Waals surface area contributed by atoms with Gasteiger partial charge in [-0.25, -0.2) is 0 Å². The van der Waals surface area contributed by atoms with Crippen LogP contribution in [-0.4, -0.2) is 35.0 Å². The Morgan fingerprint density at radius 2 is 1.29 bits per heavy atom. The fourth-order valence-corrected chi connectivity index (χ4v) is 3.37. The SMILES string of the molecule is C=CCC(O)(CO)COC(=O)CCCCCCCCCCCCCCCCC. The molecule has 0 aliphatic carbocycles. The lowest BCUT2D eigenvalue weighted by molar-refractivity contribution is -0.153. The first-order valence-electron chi connectivity index (χ1n) is 11.7. The van der Waals surface area contributed by atoms with Crippen molar-refractivity contribution < 1.29 is 19.7 Å². The van der Waals surface area contributed by atoms with E-state index in [2.05, 4.69) is 13.5 Å². The Labute approximate surface area is 173 Å². The van der Waals surface area contributed by atoms with Crippen molar-refractivity contribution in [1.29, 1.82) is 0 Å². The standard InChI is InChI=1S/C24H46O4/c1-3-5-6-7-8-9-10-11-12-13-14-15-16-17-18-19-23(26)28-22-24(27,21-25)20-4-2/h4,25,27H,2-3,5-22H2,1H3. The molecule has 28 heavy (non-hydrogen) atoms. The molecule has 0 radical (unpaired) electrons. The monoisotopic (exact) mass is 398 g/mol. The number of rotatable bonds is 21. The van der Waals surface area contributed by atoms with Crippen LogP contribution in [0.1, 0.15) is 116 Å². The van der Waals surface area contributed by atoms with E-state index in [4.69, 9.17) is 9.84 Å². The van der Waals surface area contributed by atoms with E-state index in [0.717, 1.165) is 12.8 Å². The Kier molecular flexibility index (Phi) is 18.8. The van der Waals surface area contributed by atoms with E-state index in [-0.39, 0.29) is 19.0 Å². The quantitative estimate of drug-likeness (QED) is 0.139. The second-order valence-electron chi connectivity index (χ2n) is 8.24. The van der Waals surface area contributed by atoms with Gasteiger partial charge in [0.15, 0.2) is 0 Å². The maximum atomic E-state index is 11.7. The Hall–Kier alpha value is -0.870. The maximum absolute atomic E-state index is 11.7. The van der Waals surface area contributed by atoms with Crippen molar-refractivity contribution in [3.63, 3.8) is 0 Å². The summed E-state index contributed by atoms with van der Waals surface area (Å²) in [5.41, 5.74) is -1.40. The smallest absolute Gasteiger partial charge is 0.305 e. The average Bonchev–Trinajstić information content (AvgIpc) is 2.69. The Morgan fingerprint density at radius 3 is 1.68 bits per heavy atom. The number of aliphatic hydroxyl groups excluding tert-OH is 1. The number of hydrogen-bond acceptors (Lipinski definition) is 4. The topological polar surface area (TPSA) is 66.8 Å². The van der Waals surface area contributed by atoms with Crippen LogP contribution in [-0.2, 0) is 9.53 Å². The van der Waals surface area contributed by atoms with Gasteiger partial charge in [0.1, 0.15) is 12.2 Å². The number of hydrogen-bond donors (Lipinski definition) is 2. The van der Waals surface area contributed by atoms with E-state index in [1.807, 2.05) is 0 Å². The second kappa shape index (κ2) is 19.4. The molecule has 1 unspecified atom stereocenters. The van der Waals surface area contributed by atoms with Crippen LogP contribution >= 0.6 is 0 Å². The largest absolute Gasteiger partial charge is 0.462 e. The van der Waals surface area contributed by atoms with Crippen LogP contribution in [0.4, 0.5) is 0 Å². The molecule has 166 valence electrons. The number of unbranched alkanes of at least 4 members (excludes halogenated alkanes) is 14. The van der Waals surface area contributed by atoms with Crippen molar-refractivity contribution in [3.8, 4) is 0 Å². The molecule has 0 aromatic rings. The van der Waals surface area contributed by atoms with E-state index in [1.54, 1.807) is 0 Å². The van der Waals surface area contributed by atoms with Gasteiger partial charge in [-0.3, -0.25) is 4.79 Å². The molecule has 2 N–H and O–H groups in total. The van der Waals surface area contributed by atoms with Crippen LogP contribution in [0.3, 0.4) is 0 Å². The van der Waals surface area contributed by atoms with Crippen molar-refractivity contribution in [1.82, 2.24) is 0 Å². The minimum atomic E-state index is -1.40. The van der Waals surface area contributed by atoms with E-state index in [9.17, 15) is 9.90 Å². The van der Waals surface area contributed by atoms with E-state index in [1.165, 1.54) is 89.5 Å². The highest BCUT2D eigenvalue weighted by atomic mass is 16.5. The van der Waals surface area contributed by atoms with Gasteiger partial charge >= 0.3 is 5.97 Å². The Balaban J connectivity index is 3.34. The highest BCUT2D eigenvalue weighted by Gasteiger charge is 2.26. The summed E-state index contributed by atoms with van der Waals surface area (Å²) in [6.45, 7) is 5.18. The van der Waals surface area contributed by atoms with E-state index >= 15 is 0 Å². The molecule has 0 amide bonds. The van der Waals surface area contributed by atoms with Crippen molar-refractivity contribution in [2.75, 3.05) is 13.2 Å². The highest BCUT2D eigenvalue weighted by molar-refractivity contribution is 5.69. The number of carbonyl (C=O) groups excluding carboxylic acids is 1. The van der Waals surface area contributed by atoms with Crippen molar-refractivity contribution in [3.05, 3.63) is 12.7 Å². The summed E-state index contributed by atoms with van der Waals surface area (Å²) >= 11 is 0. The summed E-state index contributed by atoms with van der Waals surface area (Å²) < 4.78 is 5.07. The summed E-state index contributed by atoms with van der Waals surface area (Å²) in [7, 11) is 0. The summed E-state index contributed by atoms with van der Waals surface area (Å²) in [5, 5.41) is 19.1. The zero-order valence-corrected chi connectivity index (χ0v) is 18.4. The minimum Gasteiger partial charge on any atom is -0.462 e. The minimum absolute atomic E-state index is 0.174. The molecule has 0 aromatic carbocycles. The van der Waals surface area contributed by atoms with Gasteiger partial charge < -0.3 is 14.9 Å². The van der Waals surface area contributed by atoms with Crippen LogP contribution in [0.5, 0.6) is 0 Å². The first-order chi connectivity index (χ1) is 13.6. The molecule has 0 aliphatic heterocycles. The molecule has 0 bridgehead atoms. The van der Waals surface area contributed by atoms with Gasteiger partial charge in [0.25, 0.3) is 0 Å². The predicted molar refractivity (Wildman–Crippen MR) is 117 cm³/mol. The lowest BCUT2D eigenvalue weighted by Gasteiger charge is -2.23. The lowest BCUT2D eigenvalue weighted by Crippen LogP contribution is -2.38. The summed E-state index contributed by atoms with van der Waals surface area (Å²) in [6, 6.07) is 0. The van der Waals surface area contributed by atoms with Crippen molar-refractivity contribution >= 4 is 5.97 Å². The van der Waals surface area contributed by atoms with Crippen molar-refractivity contribution in [2.45, 2.75) is 122 Å². The van der Waals surface area contributed by atoms with Gasteiger partial charge in [-0.05, 0) is 12.8 Å². The van der Waals surface area contributed by atoms with Crippen molar-refractivity contribution in [2.24, 2.45) is 0 Å². The molecule has 1 atom stereocenters. The predicted octanol–water partition coefficient (Wildman–Crippen LogP) is 6.09. The molecule has 0 fully saturated rings. The highest BCUT2D eigenvalue weighted by Crippen LogP contribution is 2.14. The number of carbonyl (C=O) groups is 1. The van der Waals surface area contributed by atoms with Gasteiger partial charge in [-0.15, -0.1) is 6.58 Å². The van der Waals surface area contributed by atoms with Gasteiger partial charge in [-0.2, -0.15) is 0 Å². The fourth-order valence-electron chi connectivity index (χ4n) is 3.37. The molecule has 0 rings (SSSR count). The van der Waals surface area contributed by atoms with Gasteiger partial charge in [0.05, 0.1) is 6.61 Å². The summed E-state index contributed by atoms with van der Waals surface area (Å²) in [5.74, 6) is -0.300. The first-order valence-corrected chi connectivity index (χ1v) is 11.7. The number of ether oxygens (including phenoxy) is 1. The van der Waals surface area contributed by atoms with Crippen LogP contribution in [0.15, 0.2) is 12.7 Å². The second-order valence-corrected chi connectivity index (χ2v) is 8.24. The Morgan fingerprint density at radius 1 is 0.857 bits per heavy atom. The Bertz CT molecular complexity index is 370. The maximum Gasteiger partial charge on any atom is 0.305 e. The normalized spacial score (nSPS) is 13.2. The fraction of sp³-hybridized carbons (Fsp3) is 0.875. The zero-order chi connectivity index (χ0) is 20.9. The molecular formula is C24H46O4. The van der Waals surface area contributed by atoms with Crippen LogP contribution in [0.25, 0.3) is 0 Å². The summed E-state index contributed by atoms with van der Waals surface area (Å²) in [4.78, 5) is 11.7. The molecule has 0 heterocycles. The molecular weight excluding hydrogens is 352 g/mol. The van der Waals surface area contributed by atoms with E-state index in [0.29, 0.717) is 6.42 Å². The average molecular weight is 399 g/mol. The third-order valence-corrected chi connectivity index (χ3v) is 5.30. The zero-order valence-electron chi connectivity index (χ0n) is 18.4. The third kappa shape index (κ3) is 17.2. The molecule has 0 saturated carbocycles. The first kappa shape index (κ1) is 27.1. The van der Waals surface area contributed by atoms with Gasteiger partial charge in [-0.1, -0.05) is 103 Å². The van der Waals surface area contributed by atoms with Gasteiger partial charge in [0, 0.05) is 6.42 Å². The number of aliphatic hydroxyl groups is 2. The van der Waals surface area contributed by atoms with Crippen LogP contribution in [0, 0.1) is 0 Å². The van der Waals surface area contributed by atoms with Crippen LogP contribution < -0.4 is 0 Å². The molecule has 4 nitrogen and oxygen atoms in total. The molecule has 4 heteroatoms. The third-order valence-electron chi connectivity index (χ3n) is 5.30. The van der Waals surface area contributed by atoms with Gasteiger partial charge in [0.2, 0.25) is 0 Å². The molecule has 0 aromatic heterocycles. The number of esters is 1. The molecule has 0 spiro atoms. The molecule has 0 aliphatic rings. The lowest BCUT2D eigenvalue weighted by atomic mass is 10.0. The van der Waals surface area contributed by atoms with E-state index < -0.39 is 12.2 Å². The molecule has 0 saturated heterocycles.